The van der Waals surface area contributed by atoms with Gasteiger partial charge in [0.2, 0.25) is 0 Å². The number of benzene rings is 1. The second-order valence-corrected chi connectivity index (χ2v) is 5.62. The average Bonchev–Trinajstić information content (AvgIpc) is 3.20. The topological polar surface area (TPSA) is 88.8 Å². The van der Waals surface area contributed by atoms with Crippen molar-refractivity contribution < 1.29 is 23.8 Å². The maximum Gasteiger partial charge on any atom is 0.338 e. The van der Waals surface area contributed by atoms with Gasteiger partial charge in [0.15, 0.2) is 5.76 Å². The van der Waals surface area contributed by atoms with Crippen LogP contribution in [0.2, 0.25) is 0 Å². The normalized spacial score (nSPS) is 13.7. The van der Waals surface area contributed by atoms with Crippen molar-refractivity contribution in [2.24, 2.45) is 5.92 Å². The maximum absolute atomic E-state index is 12.0. The van der Waals surface area contributed by atoms with E-state index in [1.807, 2.05) is 18.2 Å². The highest BCUT2D eigenvalue weighted by atomic mass is 16.5. The summed E-state index contributed by atoms with van der Waals surface area (Å²) in [4.78, 5) is 22.8. The van der Waals surface area contributed by atoms with Crippen LogP contribution < -0.4 is 5.32 Å². The molecule has 1 aliphatic carbocycles. The van der Waals surface area contributed by atoms with Crippen molar-refractivity contribution in [3.8, 4) is 0 Å². The quantitative estimate of drug-likeness (QED) is 0.819. The van der Waals surface area contributed by atoms with Gasteiger partial charge in [-0.25, -0.2) is 4.79 Å². The van der Waals surface area contributed by atoms with E-state index in [2.05, 4.69) is 5.32 Å². The van der Waals surface area contributed by atoms with Crippen LogP contribution >= 0.6 is 0 Å². The maximum atomic E-state index is 12.0. The minimum absolute atomic E-state index is 0.0437. The molecule has 0 unspecified atom stereocenters. The number of ether oxygens (including phenoxy) is 1. The lowest BCUT2D eigenvalue weighted by Gasteiger charge is -2.07. The lowest BCUT2D eigenvalue weighted by Crippen LogP contribution is -2.11. The summed E-state index contributed by atoms with van der Waals surface area (Å²) in [7, 11) is 0. The van der Waals surface area contributed by atoms with Crippen molar-refractivity contribution >= 4 is 17.6 Å². The molecule has 1 aliphatic rings. The Labute approximate surface area is 133 Å². The van der Waals surface area contributed by atoms with Crippen molar-refractivity contribution in [1.29, 1.82) is 0 Å². The molecular weight excluding hydrogens is 298 g/mol. The van der Waals surface area contributed by atoms with Gasteiger partial charge in [0, 0.05) is 18.4 Å². The first-order valence-electron chi connectivity index (χ1n) is 7.41. The Kier molecular flexibility index (Phi) is 4.43. The van der Waals surface area contributed by atoms with E-state index in [9.17, 15) is 9.59 Å². The number of carbonyl (C=O) groups is 2. The first-order valence-corrected chi connectivity index (χ1v) is 7.41. The van der Waals surface area contributed by atoms with Crippen LogP contribution in [0.15, 0.2) is 41.0 Å². The molecule has 1 fully saturated rings. The van der Waals surface area contributed by atoms with Gasteiger partial charge >= 0.3 is 5.97 Å². The highest BCUT2D eigenvalue weighted by Crippen LogP contribution is 2.29. The molecule has 1 heterocycles. The van der Waals surface area contributed by atoms with Gasteiger partial charge in [-0.05, 0) is 36.5 Å². The van der Waals surface area contributed by atoms with Gasteiger partial charge in [0.25, 0.3) is 5.91 Å². The Hall–Kier alpha value is -2.60. The second-order valence-electron chi connectivity index (χ2n) is 5.62. The van der Waals surface area contributed by atoms with Gasteiger partial charge in [-0.3, -0.25) is 4.79 Å². The van der Waals surface area contributed by atoms with Crippen LogP contribution in [0, 0.1) is 5.92 Å². The molecule has 3 rings (SSSR count). The fourth-order valence-electron chi connectivity index (χ4n) is 2.13. The van der Waals surface area contributed by atoms with Crippen LogP contribution in [0.3, 0.4) is 0 Å². The molecule has 0 spiro atoms. The third-order valence-electron chi connectivity index (χ3n) is 3.57. The molecule has 1 aromatic heterocycles. The molecule has 2 aromatic rings. The zero-order valence-electron chi connectivity index (χ0n) is 12.5. The first kappa shape index (κ1) is 15.3. The van der Waals surface area contributed by atoms with Crippen LogP contribution in [0.4, 0.5) is 5.69 Å². The molecule has 6 heteroatoms. The van der Waals surface area contributed by atoms with E-state index >= 15 is 0 Å². The first-order chi connectivity index (χ1) is 11.1. The summed E-state index contributed by atoms with van der Waals surface area (Å²) in [5, 5.41) is 11.5. The SMILES string of the molecule is O=C(O)c1coc(C(=O)Nc2cccc(COCC3CC3)c2)c1. The average molecular weight is 315 g/mol. The van der Waals surface area contributed by atoms with Gasteiger partial charge in [0.1, 0.15) is 6.26 Å². The predicted molar refractivity (Wildman–Crippen MR) is 82.4 cm³/mol. The number of rotatable bonds is 7. The molecule has 1 amide bonds. The largest absolute Gasteiger partial charge is 0.478 e. The summed E-state index contributed by atoms with van der Waals surface area (Å²) in [6.07, 6.45) is 3.54. The number of hydrogen-bond donors (Lipinski definition) is 2. The van der Waals surface area contributed by atoms with Crippen LogP contribution in [-0.2, 0) is 11.3 Å². The van der Waals surface area contributed by atoms with Crippen LogP contribution in [0.5, 0.6) is 0 Å². The van der Waals surface area contributed by atoms with Crippen molar-refractivity contribution in [1.82, 2.24) is 0 Å². The van der Waals surface area contributed by atoms with E-state index in [0.29, 0.717) is 18.2 Å². The molecule has 0 bridgehead atoms. The fourth-order valence-corrected chi connectivity index (χ4v) is 2.13. The van der Waals surface area contributed by atoms with Gasteiger partial charge in [0.05, 0.1) is 12.2 Å². The molecule has 23 heavy (non-hydrogen) atoms. The zero-order valence-corrected chi connectivity index (χ0v) is 12.5. The Morgan fingerprint density at radius 3 is 2.83 bits per heavy atom. The van der Waals surface area contributed by atoms with Gasteiger partial charge in [-0.2, -0.15) is 0 Å². The molecule has 0 aliphatic heterocycles. The number of hydrogen-bond acceptors (Lipinski definition) is 4. The van der Waals surface area contributed by atoms with E-state index in [-0.39, 0.29) is 11.3 Å². The van der Waals surface area contributed by atoms with E-state index in [0.717, 1.165) is 18.4 Å². The Balaban J connectivity index is 1.59. The second kappa shape index (κ2) is 6.66. The lowest BCUT2D eigenvalue weighted by atomic mass is 10.2. The number of anilines is 1. The third kappa shape index (κ3) is 4.20. The smallest absolute Gasteiger partial charge is 0.338 e. The number of carboxylic acid groups (broad SMARTS) is 1. The molecule has 6 nitrogen and oxygen atoms in total. The van der Waals surface area contributed by atoms with Crippen molar-refractivity contribution in [3.63, 3.8) is 0 Å². The Morgan fingerprint density at radius 1 is 1.30 bits per heavy atom. The predicted octanol–water partition coefficient (Wildman–Crippen LogP) is 3.16. The number of furan rings is 1. The summed E-state index contributed by atoms with van der Waals surface area (Å²) in [5.41, 5.74) is 1.52. The van der Waals surface area contributed by atoms with E-state index in [4.69, 9.17) is 14.3 Å². The molecule has 0 saturated heterocycles. The molecule has 0 atom stereocenters. The molecule has 0 radical (unpaired) electrons. The lowest BCUT2D eigenvalue weighted by molar-refractivity contribution is 0.0696. The minimum Gasteiger partial charge on any atom is -0.478 e. The highest BCUT2D eigenvalue weighted by molar-refractivity contribution is 6.03. The Bertz CT molecular complexity index is 717. The molecule has 1 saturated carbocycles. The van der Waals surface area contributed by atoms with Crippen LogP contribution in [0.25, 0.3) is 0 Å². The monoisotopic (exact) mass is 315 g/mol. The number of carboxylic acids is 1. The highest BCUT2D eigenvalue weighted by Gasteiger charge is 2.21. The zero-order chi connectivity index (χ0) is 16.2. The summed E-state index contributed by atoms with van der Waals surface area (Å²) >= 11 is 0. The number of carbonyl (C=O) groups excluding carboxylic acids is 1. The molecule has 2 N–H and O–H groups in total. The third-order valence-corrected chi connectivity index (χ3v) is 3.57. The van der Waals surface area contributed by atoms with Gasteiger partial charge in [-0.15, -0.1) is 0 Å². The van der Waals surface area contributed by atoms with Crippen LogP contribution in [-0.4, -0.2) is 23.6 Å². The number of amides is 1. The summed E-state index contributed by atoms with van der Waals surface area (Å²) in [6, 6.07) is 8.53. The van der Waals surface area contributed by atoms with E-state index in [1.54, 1.807) is 6.07 Å². The summed E-state index contributed by atoms with van der Waals surface area (Å²) < 4.78 is 10.6. The number of aromatic carboxylic acids is 1. The van der Waals surface area contributed by atoms with Crippen LogP contribution in [0.1, 0.15) is 39.3 Å². The minimum atomic E-state index is -1.14. The van der Waals surface area contributed by atoms with Gasteiger partial charge in [-0.1, -0.05) is 12.1 Å². The standard InChI is InChI=1S/C17H17NO5/c19-16(15-7-13(10-23-15)17(20)21)18-14-3-1-2-12(6-14)9-22-8-11-4-5-11/h1-3,6-7,10-11H,4-5,8-9H2,(H,18,19)(H,20,21). The molecule has 1 aromatic carbocycles. The fraction of sp³-hybridized carbons (Fsp3) is 0.294. The van der Waals surface area contributed by atoms with E-state index in [1.165, 1.54) is 18.9 Å². The van der Waals surface area contributed by atoms with Crippen molar-refractivity contribution in [3.05, 3.63) is 53.5 Å². The number of nitrogens with one attached hydrogen (secondary N) is 1. The summed E-state index contributed by atoms with van der Waals surface area (Å²) in [5.74, 6) is -0.964. The van der Waals surface area contributed by atoms with E-state index < -0.39 is 11.9 Å². The summed E-state index contributed by atoms with van der Waals surface area (Å²) in [6.45, 7) is 1.28. The Morgan fingerprint density at radius 2 is 2.13 bits per heavy atom. The molecular formula is C17H17NO5. The van der Waals surface area contributed by atoms with Gasteiger partial charge < -0.3 is 19.6 Å². The molecule has 120 valence electrons. The van der Waals surface area contributed by atoms with Crippen molar-refractivity contribution in [2.75, 3.05) is 11.9 Å². The van der Waals surface area contributed by atoms with Crippen molar-refractivity contribution in [2.45, 2.75) is 19.4 Å².